The Morgan fingerprint density at radius 1 is 1.16 bits per heavy atom. The van der Waals surface area contributed by atoms with Crippen molar-refractivity contribution in [3.63, 3.8) is 0 Å². The average Bonchev–Trinajstić information content (AvgIpc) is 2.79. The third-order valence-electron chi connectivity index (χ3n) is 6.76. The molecular weight excluding hydrogens is 232 g/mol. The van der Waals surface area contributed by atoms with E-state index in [0.717, 1.165) is 30.1 Å². The molecule has 4 aliphatic carbocycles. The van der Waals surface area contributed by atoms with Crippen molar-refractivity contribution < 1.29 is 5.11 Å². The number of fused-ring (bicyclic) bond motifs is 5. The molecule has 2 saturated carbocycles. The molecule has 0 saturated heterocycles. The molecule has 0 bridgehead atoms. The van der Waals surface area contributed by atoms with Gasteiger partial charge in [-0.05, 0) is 74.0 Å². The third-order valence-corrected chi connectivity index (χ3v) is 6.76. The van der Waals surface area contributed by atoms with Crippen molar-refractivity contribution in [2.24, 2.45) is 29.1 Å². The van der Waals surface area contributed by atoms with E-state index in [1.165, 1.54) is 38.5 Å². The summed E-state index contributed by atoms with van der Waals surface area (Å²) in [6, 6.07) is 0. The quantitative estimate of drug-likeness (QED) is 0.649. The summed E-state index contributed by atoms with van der Waals surface area (Å²) in [6.45, 7) is 2.49. The van der Waals surface area contributed by atoms with Crippen LogP contribution < -0.4 is 0 Å². The number of hydrogen-bond donors (Lipinski definition) is 1. The largest absolute Gasteiger partial charge is 0.389 e. The minimum atomic E-state index is -0.148. The van der Waals surface area contributed by atoms with Crippen molar-refractivity contribution in [2.75, 3.05) is 0 Å². The zero-order valence-corrected chi connectivity index (χ0v) is 12.0. The van der Waals surface area contributed by atoms with Gasteiger partial charge in [0.2, 0.25) is 0 Å². The predicted octanol–water partition coefficient (Wildman–Crippen LogP) is 4.09. The molecule has 0 spiro atoms. The van der Waals surface area contributed by atoms with E-state index in [9.17, 15) is 5.11 Å². The van der Waals surface area contributed by atoms with Crippen LogP contribution in [-0.4, -0.2) is 11.2 Å². The van der Waals surface area contributed by atoms with E-state index in [4.69, 9.17) is 0 Å². The average molecular weight is 258 g/mol. The Morgan fingerprint density at radius 3 is 2.95 bits per heavy atom. The molecule has 6 unspecified atom stereocenters. The van der Waals surface area contributed by atoms with Gasteiger partial charge in [0, 0.05) is 0 Å². The Labute approximate surface area is 116 Å². The van der Waals surface area contributed by atoms with Crippen LogP contribution in [0.1, 0.15) is 51.9 Å². The molecule has 1 nitrogen and oxygen atoms in total. The molecular formula is C18H26O. The van der Waals surface area contributed by atoms with Gasteiger partial charge in [-0.2, -0.15) is 0 Å². The van der Waals surface area contributed by atoms with Gasteiger partial charge >= 0.3 is 0 Å². The lowest BCUT2D eigenvalue weighted by atomic mass is 9.52. The van der Waals surface area contributed by atoms with Gasteiger partial charge in [0.25, 0.3) is 0 Å². The van der Waals surface area contributed by atoms with Gasteiger partial charge in [-0.25, -0.2) is 0 Å². The molecule has 0 aromatic carbocycles. The summed E-state index contributed by atoms with van der Waals surface area (Å²) in [4.78, 5) is 0. The summed E-state index contributed by atoms with van der Waals surface area (Å²) in [5, 5.41) is 9.85. The molecule has 0 aliphatic heterocycles. The van der Waals surface area contributed by atoms with E-state index >= 15 is 0 Å². The molecule has 2 fully saturated rings. The molecule has 6 atom stereocenters. The van der Waals surface area contributed by atoms with Crippen LogP contribution in [0.3, 0.4) is 0 Å². The summed E-state index contributed by atoms with van der Waals surface area (Å²) in [5.74, 6) is 3.60. The lowest BCUT2D eigenvalue weighted by Gasteiger charge is -2.52. The highest BCUT2D eigenvalue weighted by Gasteiger charge is 2.50. The molecule has 1 heteroatoms. The van der Waals surface area contributed by atoms with Crippen LogP contribution in [0.25, 0.3) is 0 Å². The fourth-order valence-electron chi connectivity index (χ4n) is 5.80. The van der Waals surface area contributed by atoms with Crippen molar-refractivity contribution in [3.8, 4) is 0 Å². The fraction of sp³-hybridized carbons (Fsp3) is 0.778. The zero-order chi connectivity index (χ0) is 13.0. The minimum Gasteiger partial charge on any atom is -0.389 e. The topological polar surface area (TPSA) is 20.2 Å². The number of hydrogen-bond acceptors (Lipinski definition) is 1. The van der Waals surface area contributed by atoms with Gasteiger partial charge in [0.05, 0.1) is 6.10 Å². The maximum absolute atomic E-state index is 9.85. The van der Waals surface area contributed by atoms with Crippen LogP contribution in [0.15, 0.2) is 23.8 Å². The molecule has 1 N–H and O–H groups in total. The van der Waals surface area contributed by atoms with Crippen molar-refractivity contribution in [3.05, 3.63) is 23.8 Å². The van der Waals surface area contributed by atoms with Crippen LogP contribution in [0, 0.1) is 29.1 Å². The van der Waals surface area contributed by atoms with Crippen LogP contribution in [0.4, 0.5) is 0 Å². The van der Waals surface area contributed by atoms with Crippen molar-refractivity contribution in [1.29, 1.82) is 0 Å². The van der Waals surface area contributed by atoms with Gasteiger partial charge in [-0.15, -0.1) is 0 Å². The number of aliphatic hydroxyl groups is 1. The van der Waals surface area contributed by atoms with Gasteiger partial charge in [0.1, 0.15) is 0 Å². The molecule has 19 heavy (non-hydrogen) atoms. The number of aliphatic hydroxyl groups excluding tert-OH is 1. The van der Waals surface area contributed by atoms with Gasteiger partial charge < -0.3 is 5.11 Å². The van der Waals surface area contributed by atoms with E-state index < -0.39 is 0 Å². The second-order valence-electron chi connectivity index (χ2n) is 7.65. The Bertz CT molecular complexity index is 435. The van der Waals surface area contributed by atoms with E-state index in [1.807, 2.05) is 0 Å². The maximum atomic E-state index is 9.85. The van der Waals surface area contributed by atoms with Gasteiger partial charge in [-0.3, -0.25) is 0 Å². The standard InChI is InChI=1S/C18H26O/c1-18-9-2-3-17(18)16-6-4-12-11-13(19)5-7-14(12)15(16)8-10-18/h2,9,11,13-17,19H,3-8,10H2,1H3. The highest BCUT2D eigenvalue weighted by molar-refractivity contribution is 5.22. The van der Waals surface area contributed by atoms with E-state index in [-0.39, 0.29) is 6.10 Å². The Balaban J connectivity index is 1.62. The first kappa shape index (κ1) is 12.2. The lowest BCUT2D eigenvalue weighted by Crippen LogP contribution is -2.44. The summed E-state index contributed by atoms with van der Waals surface area (Å²) >= 11 is 0. The van der Waals surface area contributed by atoms with Crippen LogP contribution in [-0.2, 0) is 0 Å². The first-order valence-electron chi connectivity index (χ1n) is 8.24. The second-order valence-corrected chi connectivity index (χ2v) is 7.65. The molecule has 0 heterocycles. The molecule has 104 valence electrons. The minimum absolute atomic E-state index is 0.148. The van der Waals surface area contributed by atoms with Gasteiger partial charge in [0.15, 0.2) is 0 Å². The zero-order valence-electron chi connectivity index (χ0n) is 12.0. The van der Waals surface area contributed by atoms with Crippen LogP contribution >= 0.6 is 0 Å². The molecule has 4 rings (SSSR count). The smallest absolute Gasteiger partial charge is 0.0723 e. The number of allylic oxidation sites excluding steroid dienone is 3. The summed E-state index contributed by atoms with van der Waals surface area (Å²) in [5.41, 5.74) is 2.12. The van der Waals surface area contributed by atoms with Crippen molar-refractivity contribution >= 4 is 0 Å². The Morgan fingerprint density at radius 2 is 2.05 bits per heavy atom. The van der Waals surface area contributed by atoms with E-state index in [1.54, 1.807) is 5.57 Å². The summed E-state index contributed by atoms with van der Waals surface area (Å²) in [7, 11) is 0. The molecule has 0 amide bonds. The molecule has 4 aliphatic rings. The highest BCUT2D eigenvalue weighted by atomic mass is 16.3. The molecule has 0 aromatic heterocycles. The SMILES string of the molecule is CC12C=CCC1C1CCC3=CC(O)CCC3C1CC2. The summed E-state index contributed by atoms with van der Waals surface area (Å²) < 4.78 is 0. The predicted molar refractivity (Wildman–Crippen MR) is 77.6 cm³/mol. The maximum Gasteiger partial charge on any atom is 0.0723 e. The van der Waals surface area contributed by atoms with E-state index in [2.05, 4.69) is 25.2 Å². The lowest BCUT2D eigenvalue weighted by molar-refractivity contribution is 0.00901. The molecule has 0 radical (unpaired) electrons. The fourth-order valence-corrected chi connectivity index (χ4v) is 5.80. The Hall–Kier alpha value is -0.560. The normalized spacial score (nSPS) is 52.1. The first-order chi connectivity index (χ1) is 9.17. The third kappa shape index (κ3) is 1.77. The Kier molecular flexibility index (Phi) is 2.71. The second kappa shape index (κ2) is 4.22. The van der Waals surface area contributed by atoms with E-state index in [0.29, 0.717) is 5.41 Å². The molecule has 0 aromatic rings. The van der Waals surface area contributed by atoms with Crippen LogP contribution in [0.2, 0.25) is 0 Å². The monoisotopic (exact) mass is 258 g/mol. The van der Waals surface area contributed by atoms with Gasteiger partial charge in [-0.1, -0.05) is 30.7 Å². The van der Waals surface area contributed by atoms with Crippen LogP contribution in [0.5, 0.6) is 0 Å². The first-order valence-corrected chi connectivity index (χ1v) is 8.24. The number of rotatable bonds is 0. The van der Waals surface area contributed by atoms with Crippen molar-refractivity contribution in [1.82, 2.24) is 0 Å². The summed E-state index contributed by atoms with van der Waals surface area (Å²) in [6.07, 6.45) is 16.0. The highest BCUT2D eigenvalue weighted by Crippen LogP contribution is 2.59. The van der Waals surface area contributed by atoms with Crippen molar-refractivity contribution in [2.45, 2.75) is 58.0 Å².